The van der Waals surface area contributed by atoms with Crippen LogP contribution in [0.3, 0.4) is 0 Å². The lowest BCUT2D eigenvalue weighted by molar-refractivity contribution is -0.152. The van der Waals surface area contributed by atoms with Crippen LogP contribution >= 0.6 is 0 Å². The molecule has 0 aliphatic carbocycles. The molecule has 3 aliphatic heterocycles. The molecule has 1 aromatic carbocycles. The number of fused-ring (bicyclic) bond motifs is 2. The predicted octanol–water partition coefficient (Wildman–Crippen LogP) is 0.608. The molecule has 1 atom stereocenters. The molecule has 7 nitrogen and oxygen atoms in total. The van der Waals surface area contributed by atoms with Gasteiger partial charge in [-0.25, -0.2) is 9.48 Å². The summed E-state index contributed by atoms with van der Waals surface area (Å²) in [6, 6.07) is 8.15. The average molecular weight is 354 g/mol. The van der Waals surface area contributed by atoms with Crippen molar-refractivity contribution in [2.75, 3.05) is 19.7 Å². The lowest BCUT2D eigenvalue weighted by Crippen LogP contribution is -2.64. The van der Waals surface area contributed by atoms with Crippen LogP contribution in [-0.2, 0) is 31.2 Å². The second-order valence-electron chi connectivity index (χ2n) is 7.94. The van der Waals surface area contributed by atoms with E-state index in [0.29, 0.717) is 19.6 Å². The third-order valence-corrected chi connectivity index (χ3v) is 5.99. The van der Waals surface area contributed by atoms with Crippen LogP contribution in [0.4, 0.5) is 0 Å². The van der Waals surface area contributed by atoms with Crippen LogP contribution in [0.1, 0.15) is 17.8 Å². The van der Waals surface area contributed by atoms with Crippen LogP contribution in [0.5, 0.6) is 5.75 Å². The van der Waals surface area contributed by atoms with Gasteiger partial charge >= 0.3 is 5.69 Å². The van der Waals surface area contributed by atoms with Crippen molar-refractivity contribution in [2.24, 2.45) is 18.4 Å². The number of hydrogen-bond acceptors (Lipinski definition) is 4. The van der Waals surface area contributed by atoms with E-state index in [1.807, 2.05) is 23.1 Å². The molecular weight excluding hydrogens is 332 g/mol. The van der Waals surface area contributed by atoms with E-state index >= 15 is 0 Å². The SMILES string of the molecule is Cn1nc2n(c1=O)CC(C(=O)N1CC3(COc4ccccc4C3)C1)CC2. The Morgan fingerprint density at radius 1 is 1.31 bits per heavy atom. The van der Waals surface area contributed by atoms with Gasteiger partial charge in [0.05, 0.1) is 12.5 Å². The maximum absolute atomic E-state index is 12.9. The molecule has 1 amide bonds. The van der Waals surface area contributed by atoms with Gasteiger partial charge < -0.3 is 9.64 Å². The lowest BCUT2D eigenvalue weighted by Gasteiger charge is -2.52. The number of para-hydroxylation sites is 1. The summed E-state index contributed by atoms with van der Waals surface area (Å²) in [7, 11) is 1.66. The standard InChI is InChI=1S/C19H22N4O3/c1-21-18(25)23-9-14(6-7-16(23)20-21)17(24)22-10-19(11-22)8-13-4-2-3-5-15(13)26-12-19/h2-5,14H,6-12H2,1H3. The molecule has 7 heteroatoms. The lowest BCUT2D eigenvalue weighted by atomic mass is 9.73. The van der Waals surface area contributed by atoms with Crippen LogP contribution in [0, 0.1) is 11.3 Å². The van der Waals surface area contributed by atoms with Gasteiger partial charge in [0.2, 0.25) is 5.91 Å². The molecular formula is C19H22N4O3. The molecule has 1 spiro atoms. The van der Waals surface area contributed by atoms with Gasteiger partial charge in [0.25, 0.3) is 0 Å². The topological polar surface area (TPSA) is 69.4 Å². The molecule has 0 bridgehead atoms. The Labute approximate surface area is 151 Å². The summed E-state index contributed by atoms with van der Waals surface area (Å²) in [6.45, 7) is 2.60. The summed E-state index contributed by atoms with van der Waals surface area (Å²) >= 11 is 0. The molecule has 26 heavy (non-hydrogen) atoms. The summed E-state index contributed by atoms with van der Waals surface area (Å²) in [5.74, 6) is 1.80. The maximum Gasteiger partial charge on any atom is 0.345 e. The van der Waals surface area contributed by atoms with E-state index in [-0.39, 0.29) is 22.9 Å². The van der Waals surface area contributed by atoms with Gasteiger partial charge in [0.15, 0.2) is 0 Å². The summed E-state index contributed by atoms with van der Waals surface area (Å²) in [6.07, 6.45) is 2.41. The second-order valence-corrected chi connectivity index (χ2v) is 7.94. The summed E-state index contributed by atoms with van der Waals surface area (Å²) in [4.78, 5) is 27.0. The number of carbonyl (C=O) groups is 1. The van der Waals surface area contributed by atoms with Crippen molar-refractivity contribution in [3.05, 3.63) is 46.1 Å². The van der Waals surface area contributed by atoms with E-state index in [0.717, 1.165) is 37.5 Å². The Balaban J connectivity index is 1.27. The molecule has 1 fully saturated rings. The van der Waals surface area contributed by atoms with Crippen LogP contribution in [-0.4, -0.2) is 44.9 Å². The van der Waals surface area contributed by atoms with E-state index in [2.05, 4.69) is 11.2 Å². The number of nitrogens with zero attached hydrogens (tertiary/aromatic N) is 4. The predicted molar refractivity (Wildman–Crippen MR) is 93.9 cm³/mol. The molecule has 0 saturated carbocycles. The zero-order valence-electron chi connectivity index (χ0n) is 14.9. The number of hydrogen-bond donors (Lipinski definition) is 0. The minimum atomic E-state index is -0.130. The monoisotopic (exact) mass is 354 g/mol. The highest BCUT2D eigenvalue weighted by Crippen LogP contribution is 2.41. The van der Waals surface area contributed by atoms with Crippen LogP contribution in [0.25, 0.3) is 0 Å². The van der Waals surface area contributed by atoms with Gasteiger partial charge in [-0.3, -0.25) is 9.36 Å². The first-order valence-electron chi connectivity index (χ1n) is 9.17. The number of aryl methyl sites for hydroxylation is 2. The van der Waals surface area contributed by atoms with Crippen molar-refractivity contribution in [1.82, 2.24) is 19.2 Å². The molecule has 1 saturated heterocycles. The van der Waals surface area contributed by atoms with E-state index in [1.165, 1.54) is 10.2 Å². The fourth-order valence-electron chi connectivity index (χ4n) is 4.60. The fourth-order valence-corrected chi connectivity index (χ4v) is 4.60. The first-order chi connectivity index (χ1) is 12.5. The van der Waals surface area contributed by atoms with Gasteiger partial charge in [0, 0.05) is 38.5 Å². The molecule has 136 valence electrons. The van der Waals surface area contributed by atoms with Crippen molar-refractivity contribution in [3.8, 4) is 5.75 Å². The third kappa shape index (κ3) is 2.29. The average Bonchev–Trinajstić information content (AvgIpc) is 2.92. The van der Waals surface area contributed by atoms with Crippen molar-refractivity contribution < 1.29 is 9.53 Å². The van der Waals surface area contributed by atoms with Gasteiger partial charge in [-0.05, 0) is 24.5 Å². The van der Waals surface area contributed by atoms with Crippen molar-refractivity contribution in [2.45, 2.75) is 25.8 Å². The van der Waals surface area contributed by atoms with Gasteiger partial charge in [0.1, 0.15) is 11.6 Å². The van der Waals surface area contributed by atoms with Gasteiger partial charge in [-0.15, -0.1) is 0 Å². The first-order valence-corrected chi connectivity index (χ1v) is 9.17. The molecule has 0 N–H and O–H groups in total. The van der Waals surface area contributed by atoms with Crippen molar-refractivity contribution in [1.29, 1.82) is 0 Å². The Kier molecular flexibility index (Phi) is 3.29. The molecule has 0 radical (unpaired) electrons. The van der Waals surface area contributed by atoms with Gasteiger partial charge in [-0.1, -0.05) is 18.2 Å². The van der Waals surface area contributed by atoms with Gasteiger partial charge in [-0.2, -0.15) is 5.10 Å². The van der Waals surface area contributed by atoms with E-state index in [4.69, 9.17) is 4.74 Å². The number of likely N-dealkylation sites (tertiary alicyclic amines) is 1. The van der Waals surface area contributed by atoms with E-state index < -0.39 is 0 Å². The molecule has 3 aliphatic rings. The Hall–Kier alpha value is -2.57. The summed E-state index contributed by atoms with van der Waals surface area (Å²) in [5.41, 5.74) is 1.15. The Morgan fingerprint density at radius 3 is 2.96 bits per heavy atom. The number of ether oxygens (including phenoxy) is 1. The first kappa shape index (κ1) is 15.7. The molecule has 2 aromatic rings. The highest BCUT2D eigenvalue weighted by atomic mass is 16.5. The quantitative estimate of drug-likeness (QED) is 0.752. The Morgan fingerprint density at radius 2 is 2.12 bits per heavy atom. The number of aromatic nitrogens is 3. The highest BCUT2D eigenvalue weighted by Gasteiger charge is 2.49. The van der Waals surface area contributed by atoms with E-state index in [9.17, 15) is 9.59 Å². The maximum atomic E-state index is 12.9. The number of benzene rings is 1. The summed E-state index contributed by atoms with van der Waals surface area (Å²) in [5, 5.41) is 4.24. The second kappa shape index (κ2) is 5.46. The third-order valence-electron chi connectivity index (χ3n) is 5.99. The minimum absolute atomic E-state index is 0.0506. The molecule has 4 heterocycles. The zero-order valence-corrected chi connectivity index (χ0v) is 14.9. The fraction of sp³-hybridized carbons (Fsp3) is 0.526. The smallest absolute Gasteiger partial charge is 0.345 e. The molecule has 5 rings (SSSR count). The van der Waals surface area contributed by atoms with E-state index in [1.54, 1.807) is 11.6 Å². The highest BCUT2D eigenvalue weighted by molar-refractivity contribution is 5.80. The molecule has 1 aromatic heterocycles. The zero-order chi connectivity index (χ0) is 17.9. The number of carbonyl (C=O) groups excluding carboxylic acids is 1. The summed E-state index contributed by atoms with van der Waals surface area (Å²) < 4.78 is 8.94. The largest absolute Gasteiger partial charge is 0.493 e. The van der Waals surface area contributed by atoms with Crippen molar-refractivity contribution in [3.63, 3.8) is 0 Å². The van der Waals surface area contributed by atoms with Crippen LogP contribution in [0.15, 0.2) is 29.1 Å². The number of rotatable bonds is 1. The van der Waals surface area contributed by atoms with Crippen molar-refractivity contribution >= 4 is 5.91 Å². The molecule has 1 unspecified atom stereocenters. The number of amides is 1. The van der Waals surface area contributed by atoms with Crippen LogP contribution in [0.2, 0.25) is 0 Å². The van der Waals surface area contributed by atoms with Crippen LogP contribution < -0.4 is 10.4 Å². The normalized spacial score (nSPS) is 23.0. The minimum Gasteiger partial charge on any atom is -0.493 e. The Bertz CT molecular complexity index is 939.